The second-order valence-corrected chi connectivity index (χ2v) is 6.00. The first-order chi connectivity index (χ1) is 8.29. The zero-order chi connectivity index (χ0) is 11.7. The van der Waals surface area contributed by atoms with E-state index in [9.17, 15) is 0 Å². The first-order valence-electron chi connectivity index (χ1n) is 7.12. The predicted molar refractivity (Wildman–Crippen MR) is 72.1 cm³/mol. The van der Waals surface area contributed by atoms with Crippen LogP contribution in [0.2, 0.25) is 0 Å². The molecule has 1 aromatic rings. The Morgan fingerprint density at radius 3 is 2.71 bits per heavy atom. The van der Waals surface area contributed by atoms with Crippen LogP contribution in [-0.2, 0) is 6.54 Å². The van der Waals surface area contributed by atoms with Crippen molar-refractivity contribution in [3.8, 4) is 0 Å². The molecule has 0 bridgehead atoms. The lowest BCUT2D eigenvalue weighted by molar-refractivity contribution is 0.209. The van der Waals surface area contributed by atoms with Crippen molar-refractivity contribution < 1.29 is 0 Å². The van der Waals surface area contributed by atoms with Gasteiger partial charge in [0.1, 0.15) is 0 Å². The topological polar surface area (TPSA) is 12.0 Å². The fraction of sp³-hybridized carbons (Fsp3) is 0.625. The average Bonchev–Trinajstić information content (AvgIpc) is 2.50. The Bertz CT molecular complexity index is 390. The van der Waals surface area contributed by atoms with Gasteiger partial charge in [0.2, 0.25) is 0 Å². The largest absolute Gasteiger partial charge is 0.307 e. The quantitative estimate of drug-likeness (QED) is 0.709. The molecule has 1 heteroatoms. The molecule has 1 aromatic carbocycles. The fourth-order valence-electron chi connectivity index (χ4n) is 3.84. The van der Waals surface area contributed by atoms with E-state index in [1.165, 1.54) is 44.1 Å². The monoisotopic (exact) mass is 229 g/mol. The first-order valence-corrected chi connectivity index (χ1v) is 7.12. The molecular formula is C16H23N. The zero-order valence-electron chi connectivity index (χ0n) is 10.8. The van der Waals surface area contributed by atoms with E-state index in [1.54, 1.807) is 5.56 Å². The highest BCUT2D eigenvalue weighted by Crippen LogP contribution is 2.39. The zero-order valence-corrected chi connectivity index (χ0v) is 10.8. The third-order valence-corrected chi connectivity index (χ3v) is 4.75. The van der Waals surface area contributed by atoms with E-state index in [4.69, 9.17) is 0 Å². The summed E-state index contributed by atoms with van der Waals surface area (Å²) in [6, 6.07) is 8.98. The van der Waals surface area contributed by atoms with Crippen molar-refractivity contribution in [3.05, 3.63) is 35.4 Å². The Labute approximate surface area is 105 Å². The van der Waals surface area contributed by atoms with Crippen molar-refractivity contribution in [1.82, 2.24) is 5.32 Å². The van der Waals surface area contributed by atoms with E-state index < -0.39 is 0 Å². The maximum Gasteiger partial charge on any atom is 0.0213 e. The number of hydrogen-bond donors (Lipinski definition) is 1. The standard InChI is InChI=1S/C16H23N/c1-13-11-16(9-5-2-6-10-16)17-12-14-7-3-4-8-15(13)14/h3-4,7-8,13,17H,2,5-6,9-12H2,1H3. The van der Waals surface area contributed by atoms with Crippen LogP contribution in [0, 0.1) is 0 Å². The van der Waals surface area contributed by atoms with Gasteiger partial charge in [0.25, 0.3) is 0 Å². The third kappa shape index (κ3) is 2.13. The van der Waals surface area contributed by atoms with Crippen LogP contribution in [0.15, 0.2) is 24.3 Å². The van der Waals surface area contributed by atoms with Gasteiger partial charge in [-0.1, -0.05) is 50.5 Å². The van der Waals surface area contributed by atoms with Crippen LogP contribution in [0.25, 0.3) is 0 Å². The number of hydrogen-bond acceptors (Lipinski definition) is 1. The third-order valence-electron chi connectivity index (χ3n) is 4.75. The molecule has 1 aliphatic heterocycles. The molecule has 2 aliphatic rings. The van der Waals surface area contributed by atoms with Gasteiger partial charge in [0, 0.05) is 12.1 Å². The molecule has 1 saturated carbocycles. The van der Waals surface area contributed by atoms with Gasteiger partial charge in [-0.15, -0.1) is 0 Å². The first kappa shape index (κ1) is 11.3. The van der Waals surface area contributed by atoms with Crippen LogP contribution in [0.4, 0.5) is 0 Å². The van der Waals surface area contributed by atoms with E-state index in [-0.39, 0.29) is 0 Å². The Hall–Kier alpha value is -0.820. The molecule has 17 heavy (non-hydrogen) atoms. The van der Waals surface area contributed by atoms with Crippen LogP contribution >= 0.6 is 0 Å². The summed E-state index contributed by atoms with van der Waals surface area (Å²) in [6.45, 7) is 3.47. The lowest BCUT2D eigenvalue weighted by atomic mass is 9.75. The molecule has 0 saturated heterocycles. The van der Waals surface area contributed by atoms with Crippen LogP contribution in [0.3, 0.4) is 0 Å². The molecule has 1 nitrogen and oxygen atoms in total. The van der Waals surface area contributed by atoms with Crippen molar-refractivity contribution in [2.45, 2.75) is 63.5 Å². The molecule has 0 radical (unpaired) electrons. The minimum Gasteiger partial charge on any atom is -0.307 e. The summed E-state index contributed by atoms with van der Waals surface area (Å²) < 4.78 is 0. The highest BCUT2D eigenvalue weighted by atomic mass is 15.0. The molecule has 0 amide bonds. The predicted octanol–water partition coefficient (Wildman–Crippen LogP) is 3.99. The van der Waals surface area contributed by atoms with Crippen molar-refractivity contribution in [3.63, 3.8) is 0 Å². The molecule has 1 spiro atoms. The van der Waals surface area contributed by atoms with Gasteiger partial charge in [-0.05, 0) is 36.3 Å². The molecule has 1 aliphatic carbocycles. The molecule has 1 N–H and O–H groups in total. The Kier molecular flexibility index (Phi) is 2.96. The number of benzene rings is 1. The summed E-state index contributed by atoms with van der Waals surface area (Å²) in [5.74, 6) is 0.708. The normalized spacial score (nSPS) is 27.5. The van der Waals surface area contributed by atoms with Gasteiger partial charge < -0.3 is 5.32 Å². The van der Waals surface area contributed by atoms with Crippen LogP contribution in [0.1, 0.15) is 62.5 Å². The summed E-state index contributed by atoms with van der Waals surface area (Å²) >= 11 is 0. The average molecular weight is 229 g/mol. The fourth-order valence-corrected chi connectivity index (χ4v) is 3.84. The van der Waals surface area contributed by atoms with Crippen LogP contribution in [-0.4, -0.2) is 5.54 Å². The van der Waals surface area contributed by atoms with Gasteiger partial charge >= 0.3 is 0 Å². The molecule has 0 aromatic heterocycles. The van der Waals surface area contributed by atoms with Gasteiger partial charge in [-0.2, -0.15) is 0 Å². The van der Waals surface area contributed by atoms with Gasteiger partial charge in [0.05, 0.1) is 0 Å². The lowest BCUT2D eigenvalue weighted by Crippen LogP contribution is -2.45. The molecule has 1 fully saturated rings. The highest BCUT2D eigenvalue weighted by molar-refractivity contribution is 5.32. The second kappa shape index (κ2) is 4.45. The van der Waals surface area contributed by atoms with Gasteiger partial charge in [-0.25, -0.2) is 0 Å². The van der Waals surface area contributed by atoms with Crippen LogP contribution in [0.5, 0.6) is 0 Å². The number of rotatable bonds is 0. The van der Waals surface area contributed by atoms with Crippen molar-refractivity contribution in [2.75, 3.05) is 0 Å². The smallest absolute Gasteiger partial charge is 0.0213 e. The molecular weight excluding hydrogens is 206 g/mol. The SMILES string of the molecule is CC1CC2(CCCCC2)NCc2ccccc21. The molecule has 1 atom stereocenters. The Morgan fingerprint density at radius 1 is 1.12 bits per heavy atom. The maximum absolute atomic E-state index is 3.88. The summed E-state index contributed by atoms with van der Waals surface area (Å²) in [4.78, 5) is 0. The number of nitrogens with one attached hydrogen (secondary N) is 1. The Morgan fingerprint density at radius 2 is 1.88 bits per heavy atom. The molecule has 3 rings (SSSR count). The molecule has 1 unspecified atom stereocenters. The van der Waals surface area contributed by atoms with E-state index in [0.29, 0.717) is 11.5 Å². The summed E-state index contributed by atoms with van der Waals surface area (Å²) in [7, 11) is 0. The van der Waals surface area contributed by atoms with Crippen molar-refractivity contribution >= 4 is 0 Å². The van der Waals surface area contributed by atoms with E-state index in [1.807, 2.05) is 0 Å². The summed E-state index contributed by atoms with van der Waals surface area (Å²) in [6.07, 6.45) is 8.34. The number of fused-ring (bicyclic) bond motifs is 1. The summed E-state index contributed by atoms with van der Waals surface area (Å²) in [5, 5.41) is 3.88. The van der Waals surface area contributed by atoms with E-state index in [2.05, 4.69) is 36.5 Å². The highest BCUT2D eigenvalue weighted by Gasteiger charge is 2.35. The van der Waals surface area contributed by atoms with E-state index in [0.717, 1.165) is 6.54 Å². The van der Waals surface area contributed by atoms with Crippen molar-refractivity contribution in [1.29, 1.82) is 0 Å². The molecule has 92 valence electrons. The minimum absolute atomic E-state index is 0.441. The summed E-state index contributed by atoms with van der Waals surface area (Å²) in [5.41, 5.74) is 3.53. The van der Waals surface area contributed by atoms with Gasteiger partial charge in [-0.3, -0.25) is 0 Å². The minimum atomic E-state index is 0.441. The van der Waals surface area contributed by atoms with E-state index >= 15 is 0 Å². The maximum atomic E-state index is 3.88. The lowest BCUT2D eigenvalue weighted by Gasteiger charge is -2.38. The van der Waals surface area contributed by atoms with Crippen LogP contribution < -0.4 is 5.32 Å². The van der Waals surface area contributed by atoms with Crippen molar-refractivity contribution in [2.24, 2.45) is 0 Å². The Balaban J connectivity index is 1.88. The second-order valence-electron chi connectivity index (χ2n) is 6.00. The van der Waals surface area contributed by atoms with Gasteiger partial charge in [0.15, 0.2) is 0 Å². The molecule has 1 heterocycles.